The van der Waals surface area contributed by atoms with Gasteiger partial charge in [-0.05, 0) is 38.3 Å². The van der Waals surface area contributed by atoms with Gasteiger partial charge in [-0.1, -0.05) is 31.5 Å². The Morgan fingerprint density at radius 1 is 1.36 bits per heavy atom. The van der Waals surface area contributed by atoms with Crippen LogP contribution >= 0.6 is 0 Å². The van der Waals surface area contributed by atoms with Crippen LogP contribution in [0.3, 0.4) is 0 Å². The first-order chi connectivity index (χ1) is 12.1. The number of hydrogen-bond donors (Lipinski definition) is 2. The Bertz CT molecular complexity index is 719. The van der Waals surface area contributed by atoms with Gasteiger partial charge in [0.15, 0.2) is 0 Å². The summed E-state index contributed by atoms with van der Waals surface area (Å²) in [6, 6.07) is 9.95. The maximum Gasteiger partial charge on any atom is 0.270 e. The molecule has 0 saturated carbocycles. The van der Waals surface area contributed by atoms with Gasteiger partial charge in [-0.3, -0.25) is 9.59 Å². The number of aromatic nitrogens is 1. The van der Waals surface area contributed by atoms with Crippen LogP contribution in [0.4, 0.5) is 0 Å². The minimum Gasteiger partial charge on any atom is -0.353 e. The van der Waals surface area contributed by atoms with Crippen molar-refractivity contribution in [1.82, 2.24) is 15.2 Å². The molecule has 2 N–H and O–H groups in total. The zero-order valence-electron chi connectivity index (χ0n) is 15.0. The van der Waals surface area contributed by atoms with Gasteiger partial charge < -0.3 is 15.2 Å². The number of likely N-dealkylation sites (tertiary alicyclic amines) is 1. The summed E-state index contributed by atoms with van der Waals surface area (Å²) in [6.45, 7) is 5.36. The first-order valence-electron chi connectivity index (χ1n) is 9.26. The third-order valence-electron chi connectivity index (χ3n) is 4.95. The molecule has 0 unspecified atom stereocenters. The number of nitrogens with zero attached hydrogens (tertiary/aromatic N) is 1. The number of piperidine rings is 1. The first-order valence-corrected chi connectivity index (χ1v) is 9.26. The maximum absolute atomic E-state index is 12.8. The average molecular weight is 341 g/mol. The molecule has 2 aromatic rings. The van der Waals surface area contributed by atoms with Crippen LogP contribution in [0.1, 0.15) is 50.0 Å². The molecule has 1 aliphatic rings. The Morgan fingerprint density at radius 2 is 2.16 bits per heavy atom. The first kappa shape index (κ1) is 17.5. The second kappa shape index (κ2) is 7.72. The second-order valence-electron chi connectivity index (χ2n) is 7.06. The highest BCUT2D eigenvalue weighted by molar-refractivity contribution is 5.98. The van der Waals surface area contributed by atoms with Crippen molar-refractivity contribution >= 4 is 22.7 Å². The van der Waals surface area contributed by atoms with Crippen LogP contribution in [0.15, 0.2) is 30.3 Å². The van der Waals surface area contributed by atoms with Crippen molar-refractivity contribution in [3.63, 3.8) is 0 Å². The fourth-order valence-corrected chi connectivity index (χ4v) is 3.60. The highest BCUT2D eigenvalue weighted by Gasteiger charge is 2.29. The SMILES string of the molecule is CCC[C@H](C)NC(=O)[C@H]1CCCN(C(=O)c2cc3ccccc3[nH]2)C1. The van der Waals surface area contributed by atoms with Crippen molar-refractivity contribution in [2.75, 3.05) is 13.1 Å². The van der Waals surface area contributed by atoms with Gasteiger partial charge in [0.2, 0.25) is 5.91 Å². The summed E-state index contributed by atoms with van der Waals surface area (Å²) >= 11 is 0. The molecule has 134 valence electrons. The van der Waals surface area contributed by atoms with Crippen LogP contribution in [0.2, 0.25) is 0 Å². The van der Waals surface area contributed by atoms with E-state index >= 15 is 0 Å². The number of aromatic amines is 1. The smallest absolute Gasteiger partial charge is 0.270 e. The van der Waals surface area contributed by atoms with E-state index in [1.165, 1.54) is 0 Å². The Balaban J connectivity index is 1.66. The molecule has 0 radical (unpaired) electrons. The lowest BCUT2D eigenvalue weighted by molar-refractivity contribution is -0.127. The molecule has 0 spiro atoms. The molecule has 2 heterocycles. The fraction of sp³-hybridized carbons (Fsp3) is 0.500. The van der Waals surface area contributed by atoms with Crippen LogP contribution in [0.5, 0.6) is 0 Å². The normalized spacial score (nSPS) is 19.0. The van der Waals surface area contributed by atoms with E-state index in [0.29, 0.717) is 18.8 Å². The van der Waals surface area contributed by atoms with Gasteiger partial charge in [-0.25, -0.2) is 0 Å². The Kier molecular flexibility index (Phi) is 5.41. The summed E-state index contributed by atoms with van der Waals surface area (Å²) in [5.74, 6) is -0.0493. The van der Waals surface area contributed by atoms with Gasteiger partial charge in [-0.2, -0.15) is 0 Å². The minimum absolute atomic E-state index is 0.0182. The number of amides is 2. The molecule has 2 atom stereocenters. The minimum atomic E-state index is -0.110. The lowest BCUT2D eigenvalue weighted by Gasteiger charge is -2.32. The van der Waals surface area contributed by atoms with Crippen molar-refractivity contribution in [1.29, 1.82) is 0 Å². The third kappa shape index (κ3) is 4.03. The van der Waals surface area contributed by atoms with Crippen LogP contribution in [0.25, 0.3) is 10.9 Å². The van der Waals surface area contributed by atoms with E-state index in [0.717, 1.165) is 36.6 Å². The van der Waals surface area contributed by atoms with Gasteiger partial charge in [0.05, 0.1) is 5.92 Å². The van der Waals surface area contributed by atoms with Gasteiger partial charge in [-0.15, -0.1) is 0 Å². The summed E-state index contributed by atoms with van der Waals surface area (Å²) in [6.07, 6.45) is 3.75. The molecule has 1 saturated heterocycles. The Labute approximate surface area is 148 Å². The average Bonchev–Trinajstić information content (AvgIpc) is 3.05. The largest absolute Gasteiger partial charge is 0.353 e. The third-order valence-corrected chi connectivity index (χ3v) is 4.95. The number of nitrogens with one attached hydrogen (secondary N) is 2. The molecule has 1 aliphatic heterocycles. The number of carbonyl (C=O) groups is 2. The molecule has 1 fully saturated rings. The summed E-state index contributed by atoms with van der Waals surface area (Å²) in [5, 5.41) is 4.12. The summed E-state index contributed by atoms with van der Waals surface area (Å²) in [5.41, 5.74) is 1.56. The standard InChI is InChI=1S/C20H27N3O2/c1-3-7-14(2)21-19(24)16-9-6-11-23(13-16)20(25)18-12-15-8-4-5-10-17(15)22-18/h4-5,8,10,12,14,16,22H,3,6-7,9,11,13H2,1-2H3,(H,21,24)/t14-,16-/m0/s1. The number of H-pyrrole nitrogens is 1. The second-order valence-corrected chi connectivity index (χ2v) is 7.06. The van der Waals surface area contributed by atoms with Crippen LogP contribution in [-0.4, -0.2) is 40.8 Å². The van der Waals surface area contributed by atoms with Gasteiger partial charge in [0.1, 0.15) is 5.69 Å². The highest BCUT2D eigenvalue weighted by Crippen LogP contribution is 2.21. The topological polar surface area (TPSA) is 65.2 Å². The maximum atomic E-state index is 12.8. The van der Waals surface area contributed by atoms with Gasteiger partial charge in [0, 0.05) is 30.0 Å². The lowest BCUT2D eigenvalue weighted by atomic mass is 9.96. The molecule has 25 heavy (non-hydrogen) atoms. The molecule has 0 aliphatic carbocycles. The zero-order chi connectivity index (χ0) is 17.8. The number of hydrogen-bond acceptors (Lipinski definition) is 2. The number of para-hydroxylation sites is 1. The Hall–Kier alpha value is -2.30. The lowest BCUT2D eigenvalue weighted by Crippen LogP contribution is -2.47. The van der Waals surface area contributed by atoms with Crippen molar-refractivity contribution in [3.8, 4) is 0 Å². The van der Waals surface area contributed by atoms with Crippen molar-refractivity contribution in [3.05, 3.63) is 36.0 Å². The monoisotopic (exact) mass is 341 g/mol. The van der Waals surface area contributed by atoms with Crippen molar-refractivity contribution in [2.45, 2.75) is 45.6 Å². The fourth-order valence-electron chi connectivity index (χ4n) is 3.60. The highest BCUT2D eigenvalue weighted by atomic mass is 16.2. The summed E-state index contributed by atoms with van der Waals surface area (Å²) in [4.78, 5) is 30.3. The van der Waals surface area contributed by atoms with E-state index in [1.807, 2.05) is 42.2 Å². The van der Waals surface area contributed by atoms with Crippen molar-refractivity contribution in [2.24, 2.45) is 5.92 Å². The number of carbonyl (C=O) groups excluding carboxylic acids is 2. The van der Waals surface area contributed by atoms with E-state index in [-0.39, 0.29) is 23.8 Å². The van der Waals surface area contributed by atoms with E-state index in [2.05, 4.69) is 17.2 Å². The molecule has 0 bridgehead atoms. The number of rotatable bonds is 5. The number of benzene rings is 1. The molecular formula is C20H27N3O2. The van der Waals surface area contributed by atoms with E-state index in [4.69, 9.17) is 0 Å². The predicted molar refractivity (Wildman–Crippen MR) is 99.4 cm³/mol. The van der Waals surface area contributed by atoms with E-state index < -0.39 is 0 Å². The molecule has 5 nitrogen and oxygen atoms in total. The number of fused-ring (bicyclic) bond motifs is 1. The zero-order valence-corrected chi connectivity index (χ0v) is 15.0. The molecule has 2 amide bonds. The Morgan fingerprint density at radius 3 is 2.92 bits per heavy atom. The quantitative estimate of drug-likeness (QED) is 0.876. The molecule has 1 aromatic carbocycles. The molecule has 1 aromatic heterocycles. The summed E-state index contributed by atoms with van der Waals surface area (Å²) in [7, 11) is 0. The van der Waals surface area contributed by atoms with E-state index in [9.17, 15) is 9.59 Å². The molecular weight excluding hydrogens is 314 g/mol. The van der Waals surface area contributed by atoms with Gasteiger partial charge >= 0.3 is 0 Å². The van der Waals surface area contributed by atoms with Gasteiger partial charge in [0.25, 0.3) is 5.91 Å². The van der Waals surface area contributed by atoms with Crippen LogP contribution in [0, 0.1) is 5.92 Å². The predicted octanol–water partition coefficient (Wildman–Crippen LogP) is 3.32. The van der Waals surface area contributed by atoms with Crippen LogP contribution < -0.4 is 5.32 Å². The molecule has 3 rings (SSSR count). The van der Waals surface area contributed by atoms with E-state index in [1.54, 1.807) is 0 Å². The van der Waals surface area contributed by atoms with Crippen molar-refractivity contribution < 1.29 is 9.59 Å². The molecule has 5 heteroatoms. The van der Waals surface area contributed by atoms with Crippen LogP contribution in [-0.2, 0) is 4.79 Å². The summed E-state index contributed by atoms with van der Waals surface area (Å²) < 4.78 is 0.